The zero-order valence-electron chi connectivity index (χ0n) is 14.1. The van der Waals surface area contributed by atoms with Crippen molar-refractivity contribution in [3.63, 3.8) is 0 Å². The molecule has 1 amide bonds. The van der Waals surface area contributed by atoms with Gasteiger partial charge in [0, 0.05) is 6.42 Å². The van der Waals surface area contributed by atoms with Gasteiger partial charge in [0.25, 0.3) is 5.88 Å². The van der Waals surface area contributed by atoms with Gasteiger partial charge in [-0.05, 0) is 19.9 Å². The van der Waals surface area contributed by atoms with Crippen LogP contribution in [0.3, 0.4) is 0 Å². The molecule has 1 N–H and O–H groups in total. The van der Waals surface area contributed by atoms with Gasteiger partial charge in [-0.1, -0.05) is 12.1 Å². The standard InChI is InChI=1S/C16H15F2N3O5/c1-4-9-5-10-11(6-19-14(13(10)23-9)25-15(17)18)24-16(22)20-12-7(2)21-26-8(12)3/h5-6,15H,4H2,1-3H3,(H,20,22). The number of halogens is 2. The maximum atomic E-state index is 12.5. The van der Waals surface area contributed by atoms with Gasteiger partial charge in [0.15, 0.2) is 17.1 Å². The Morgan fingerprint density at radius 3 is 2.77 bits per heavy atom. The zero-order chi connectivity index (χ0) is 18.8. The van der Waals surface area contributed by atoms with Crippen LogP contribution in [0.2, 0.25) is 0 Å². The van der Waals surface area contributed by atoms with E-state index >= 15 is 0 Å². The van der Waals surface area contributed by atoms with Crippen LogP contribution in [0.15, 0.2) is 21.2 Å². The highest BCUT2D eigenvalue weighted by atomic mass is 19.3. The van der Waals surface area contributed by atoms with Crippen LogP contribution in [-0.4, -0.2) is 22.8 Å². The van der Waals surface area contributed by atoms with Crippen molar-refractivity contribution in [1.82, 2.24) is 10.1 Å². The molecule has 3 heterocycles. The fourth-order valence-electron chi connectivity index (χ4n) is 2.34. The van der Waals surface area contributed by atoms with Gasteiger partial charge in [0.1, 0.15) is 17.1 Å². The molecule has 3 aromatic heterocycles. The lowest BCUT2D eigenvalue weighted by Gasteiger charge is -2.08. The van der Waals surface area contributed by atoms with Crippen LogP contribution in [0.5, 0.6) is 11.6 Å². The van der Waals surface area contributed by atoms with Gasteiger partial charge in [-0.3, -0.25) is 5.32 Å². The summed E-state index contributed by atoms with van der Waals surface area (Å²) in [6.07, 6.45) is 0.805. The summed E-state index contributed by atoms with van der Waals surface area (Å²) in [5.74, 6) is 0.575. The first-order valence-electron chi connectivity index (χ1n) is 7.67. The second-order valence-electron chi connectivity index (χ2n) is 5.33. The first-order chi connectivity index (χ1) is 12.4. The van der Waals surface area contributed by atoms with Crippen molar-refractivity contribution in [2.45, 2.75) is 33.8 Å². The molecule has 8 nitrogen and oxygen atoms in total. The number of carbonyl (C=O) groups excluding carboxylic acids is 1. The summed E-state index contributed by atoms with van der Waals surface area (Å²) in [7, 11) is 0. The van der Waals surface area contributed by atoms with Crippen LogP contribution in [0, 0.1) is 13.8 Å². The Kier molecular flexibility index (Phi) is 4.74. The lowest BCUT2D eigenvalue weighted by Crippen LogP contribution is -2.17. The Balaban J connectivity index is 1.90. The molecular formula is C16H15F2N3O5. The Hall–Kier alpha value is -3.17. The van der Waals surface area contributed by atoms with E-state index in [-0.39, 0.29) is 17.2 Å². The number of amides is 1. The SMILES string of the molecule is CCc1cc2c(OC(=O)Nc3c(C)noc3C)cnc(OC(F)F)c2o1. The highest BCUT2D eigenvalue weighted by Gasteiger charge is 2.21. The number of aryl methyl sites for hydroxylation is 3. The molecule has 0 saturated carbocycles. The third-order valence-electron chi connectivity index (χ3n) is 3.55. The van der Waals surface area contributed by atoms with Gasteiger partial charge >= 0.3 is 12.7 Å². The fraction of sp³-hybridized carbons (Fsp3) is 0.312. The van der Waals surface area contributed by atoms with E-state index in [4.69, 9.17) is 13.7 Å². The molecule has 0 radical (unpaired) electrons. The van der Waals surface area contributed by atoms with Crippen molar-refractivity contribution in [3.05, 3.63) is 29.5 Å². The molecule has 0 aliphatic rings. The Bertz CT molecular complexity index is 931. The first kappa shape index (κ1) is 17.6. The minimum atomic E-state index is -3.06. The van der Waals surface area contributed by atoms with Crippen molar-refractivity contribution in [2.24, 2.45) is 0 Å². The second-order valence-corrected chi connectivity index (χ2v) is 5.33. The highest BCUT2D eigenvalue weighted by molar-refractivity contribution is 5.93. The highest BCUT2D eigenvalue weighted by Crippen LogP contribution is 2.35. The average molecular weight is 367 g/mol. The molecule has 0 bridgehead atoms. The Labute approximate surface area is 146 Å². The number of furan rings is 1. The summed E-state index contributed by atoms with van der Waals surface area (Å²) >= 11 is 0. The molecule has 0 atom stereocenters. The summed E-state index contributed by atoms with van der Waals surface area (Å²) in [5.41, 5.74) is 0.850. The van der Waals surface area contributed by atoms with Crippen molar-refractivity contribution >= 4 is 22.7 Å². The number of alkyl halides is 2. The van der Waals surface area contributed by atoms with E-state index in [9.17, 15) is 13.6 Å². The smallest absolute Gasteiger partial charge is 0.417 e. The monoisotopic (exact) mass is 367 g/mol. The maximum Gasteiger partial charge on any atom is 0.417 e. The van der Waals surface area contributed by atoms with Crippen molar-refractivity contribution in [3.8, 4) is 11.6 Å². The third-order valence-corrected chi connectivity index (χ3v) is 3.55. The van der Waals surface area contributed by atoms with E-state index in [0.717, 1.165) is 6.20 Å². The fourth-order valence-corrected chi connectivity index (χ4v) is 2.34. The van der Waals surface area contributed by atoms with Gasteiger partial charge in [-0.15, -0.1) is 0 Å². The maximum absolute atomic E-state index is 12.5. The first-order valence-corrected chi connectivity index (χ1v) is 7.67. The van der Waals surface area contributed by atoms with Crippen LogP contribution in [-0.2, 0) is 6.42 Å². The summed E-state index contributed by atoms with van der Waals surface area (Å²) in [6, 6.07) is 1.58. The van der Waals surface area contributed by atoms with E-state index in [1.54, 1.807) is 19.9 Å². The average Bonchev–Trinajstić information content (AvgIpc) is 3.16. The number of hydrogen-bond acceptors (Lipinski definition) is 7. The largest absolute Gasteiger partial charge is 0.455 e. The number of hydrogen-bond donors (Lipinski definition) is 1. The molecule has 0 aromatic carbocycles. The van der Waals surface area contributed by atoms with Gasteiger partial charge in [-0.2, -0.15) is 8.78 Å². The number of carbonyl (C=O) groups is 1. The summed E-state index contributed by atoms with van der Waals surface area (Å²) in [6.45, 7) is 2.06. The molecule has 3 rings (SSSR count). The molecule has 0 aliphatic heterocycles. The molecule has 26 heavy (non-hydrogen) atoms. The number of nitrogens with zero attached hydrogens (tertiary/aromatic N) is 2. The number of nitrogens with one attached hydrogen (secondary N) is 1. The minimum Gasteiger partial charge on any atom is -0.455 e. The van der Waals surface area contributed by atoms with Gasteiger partial charge < -0.3 is 18.4 Å². The normalized spacial score (nSPS) is 11.2. The summed E-state index contributed by atoms with van der Waals surface area (Å²) in [4.78, 5) is 15.9. The van der Waals surface area contributed by atoms with Gasteiger partial charge in [0.2, 0.25) is 0 Å². The van der Waals surface area contributed by atoms with Crippen molar-refractivity contribution in [1.29, 1.82) is 0 Å². The molecule has 3 aromatic rings. The molecule has 0 aliphatic carbocycles. The van der Waals surface area contributed by atoms with Gasteiger partial charge in [-0.25, -0.2) is 9.78 Å². The third kappa shape index (κ3) is 3.44. The van der Waals surface area contributed by atoms with Crippen LogP contribution < -0.4 is 14.8 Å². The van der Waals surface area contributed by atoms with Gasteiger partial charge in [0.05, 0.1) is 11.6 Å². The molecule has 0 spiro atoms. The molecular weight excluding hydrogens is 352 g/mol. The van der Waals surface area contributed by atoms with Crippen LogP contribution in [0.4, 0.5) is 19.3 Å². The number of anilines is 1. The van der Waals surface area contributed by atoms with Crippen LogP contribution in [0.1, 0.15) is 24.1 Å². The quantitative estimate of drug-likeness (QED) is 0.721. The predicted octanol–water partition coefficient (Wildman–Crippen LogP) is 4.21. The molecule has 0 unspecified atom stereocenters. The van der Waals surface area contributed by atoms with E-state index in [0.29, 0.717) is 34.7 Å². The number of pyridine rings is 1. The topological polar surface area (TPSA) is 99.6 Å². The number of fused-ring (bicyclic) bond motifs is 1. The van der Waals surface area contributed by atoms with E-state index in [1.165, 1.54) is 0 Å². The van der Waals surface area contributed by atoms with Crippen LogP contribution in [0.25, 0.3) is 11.0 Å². The number of ether oxygens (including phenoxy) is 2. The molecule has 0 saturated heterocycles. The van der Waals surface area contributed by atoms with E-state index < -0.39 is 12.7 Å². The molecule has 0 fully saturated rings. The van der Waals surface area contributed by atoms with Crippen molar-refractivity contribution in [2.75, 3.05) is 5.32 Å². The van der Waals surface area contributed by atoms with Crippen molar-refractivity contribution < 1.29 is 32.0 Å². The zero-order valence-corrected chi connectivity index (χ0v) is 14.1. The number of aromatic nitrogens is 2. The lowest BCUT2D eigenvalue weighted by atomic mass is 10.2. The van der Waals surface area contributed by atoms with E-state index in [1.807, 2.05) is 6.92 Å². The van der Waals surface area contributed by atoms with E-state index in [2.05, 4.69) is 20.2 Å². The predicted molar refractivity (Wildman–Crippen MR) is 85.6 cm³/mol. The second kappa shape index (κ2) is 6.98. The lowest BCUT2D eigenvalue weighted by molar-refractivity contribution is -0.0524. The number of rotatable bonds is 5. The molecule has 138 valence electrons. The Morgan fingerprint density at radius 2 is 2.15 bits per heavy atom. The summed E-state index contributed by atoms with van der Waals surface area (Å²) < 4.78 is 45.0. The Morgan fingerprint density at radius 1 is 1.38 bits per heavy atom. The summed E-state index contributed by atoms with van der Waals surface area (Å²) in [5, 5.41) is 6.52. The minimum absolute atomic E-state index is 0.0233. The molecule has 10 heteroatoms. The van der Waals surface area contributed by atoms with Crippen LogP contribution >= 0.6 is 0 Å².